The molecular weight excluding hydrogens is 414 g/mol. The van der Waals surface area contributed by atoms with E-state index in [0.29, 0.717) is 13.2 Å². The number of para-hydroxylation sites is 1. The van der Waals surface area contributed by atoms with Crippen molar-refractivity contribution in [3.8, 4) is 0 Å². The smallest absolute Gasteiger partial charge is 0.235 e. The van der Waals surface area contributed by atoms with Gasteiger partial charge in [-0.3, -0.25) is 25.2 Å². The predicted molar refractivity (Wildman–Crippen MR) is 121 cm³/mol. The van der Waals surface area contributed by atoms with Crippen LogP contribution in [0.2, 0.25) is 0 Å². The van der Waals surface area contributed by atoms with E-state index in [0.717, 1.165) is 67.6 Å². The van der Waals surface area contributed by atoms with E-state index in [1.807, 2.05) is 18.2 Å². The molecule has 2 aromatic rings. The van der Waals surface area contributed by atoms with Crippen LogP contribution in [0.1, 0.15) is 10.9 Å². The van der Waals surface area contributed by atoms with Gasteiger partial charge in [0.25, 0.3) is 0 Å². The number of hydrogen-bond donors (Lipinski definition) is 4. The van der Waals surface area contributed by atoms with Gasteiger partial charge in [-0.05, 0) is 12.1 Å². The average molecular weight is 446 g/mol. The van der Waals surface area contributed by atoms with Crippen LogP contribution in [0.25, 0.3) is 10.2 Å². The van der Waals surface area contributed by atoms with Gasteiger partial charge in [0.15, 0.2) is 0 Å². The SMILES string of the molecule is O=C1NC(N2CCOCC2)NC(NCCN2CCNCC2)C1c1nc2ccccc2s1. The minimum Gasteiger partial charge on any atom is -0.379 e. The van der Waals surface area contributed by atoms with Gasteiger partial charge in [-0.15, -0.1) is 11.3 Å². The summed E-state index contributed by atoms with van der Waals surface area (Å²) in [5.41, 5.74) is 0.949. The Bertz CT molecular complexity index is 848. The van der Waals surface area contributed by atoms with Crippen molar-refractivity contribution in [2.75, 3.05) is 65.6 Å². The van der Waals surface area contributed by atoms with Crippen LogP contribution in [0.3, 0.4) is 0 Å². The molecule has 3 aliphatic rings. The van der Waals surface area contributed by atoms with E-state index in [2.05, 4.69) is 37.1 Å². The molecule has 0 spiro atoms. The standard InChI is InChI=1S/C21H31N7O2S/c29-19-17(20-24-15-3-1-2-4-16(15)31-20)18(23-7-10-27-8-5-22-6-9-27)25-21(26-19)28-11-13-30-14-12-28/h1-4,17-18,21-23,25H,5-14H2,(H,26,29). The number of amides is 1. The van der Waals surface area contributed by atoms with Gasteiger partial charge in [0, 0.05) is 52.4 Å². The molecular formula is C21H31N7O2S. The number of morpholine rings is 1. The maximum absolute atomic E-state index is 13.3. The van der Waals surface area contributed by atoms with E-state index in [1.165, 1.54) is 0 Å². The summed E-state index contributed by atoms with van der Waals surface area (Å²) in [5.74, 6) is -0.341. The molecule has 0 aliphatic carbocycles. The third-order valence-corrected chi connectivity index (χ3v) is 7.34. The number of aromatic nitrogens is 1. The highest BCUT2D eigenvalue weighted by atomic mass is 32.1. The molecule has 1 aromatic heterocycles. The van der Waals surface area contributed by atoms with Crippen LogP contribution in [0.15, 0.2) is 24.3 Å². The lowest BCUT2D eigenvalue weighted by atomic mass is 10.0. The molecule has 5 rings (SSSR count). The van der Waals surface area contributed by atoms with Crippen LogP contribution < -0.4 is 21.3 Å². The Morgan fingerprint density at radius 2 is 1.97 bits per heavy atom. The summed E-state index contributed by atoms with van der Waals surface area (Å²) < 4.78 is 6.59. The van der Waals surface area contributed by atoms with Crippen LogP contribution in [0.5, 0.6) is 0 Å². The van der Waals surface area contributed by atoms with Gasteiger partial charge in [0.2, 0.25) is 5.91 Å². The van der Waals surface area contributed by atoms with Gasteiger partial charge >= 0.3 is 0 Å². The van der Waals surface area contributed by atoms with E-state index in [1.54, 1.807) is 11.3 Å². The zero-order valence-corrected chi connectivity index (χ0v) is 18.5. The number of rotatable bonds is 6. The fourth-order valence-corrected chi connectivity index (χ4v) is 5.59. The van der Waals surface area contributed by atoms with Crippen LogP contribution in [-0.2, 0) is 9.53 Å². The molecule has 31 heavy (non-hydrogen) atoms. The molecule has 3 fully saturated rings. The molecule has 3 saturated heterocycles. The molecule has 0 saturated carbocycles. The lowest BCUT2D eigenvalue weighted by molar-refractivity contribution is -0.131. The highest BCUT2D eigenvalue weighted by Crippen LogP contribution is 2.31. The third-order valence-electron chi connectivity index (χ3n) is 6.22. The fourth-order valence-electron chi connectivity index (χ4n) is 4.48. The van der Waals surface area contributed by atoms with Gasteiger partial charge in [-0.25, -0.2) is 4.98 Å². The maximum Gasteiger partial charge on any atom is 0.235 e. The molecule has 168 valence electrons. The van der Waals surface area contributed by atoms with E-state index < -0.39 is 0 Å². The Labute approximate surface area is 186 Å². The minimum atomic E-state index is -0.363. The zero-order chi connectivity index (χ0) is 21.0. The monoisotopic (exact) mass is 445 g/mol. The van der Waals surface area contributed by atoms with Gasteiger partial charge in [-0.2, -0.15) is 0 Å². The summed E-state index contributed by atoms with van der Waals surface area (Å²) >= 11 is 1.61. The summed E-state index contributed by atoms with van der Waals surface area (Å²) in [6, 6.07) is 8.07. The number of benzene rings is 1. The first-order chi connectivity index (χ1) is 15.3. The molecule has 0 bridgehead atoms. The number of carbonyl (C=O) groups excluding carboxylic acids is 1. The summed E-state index contributed by atoms with van der Waals surface area (Å²) in [4.78, 5) is 22.8. The molecule has 3 unspecified atom stereocenters. The second kappa shape index (κ2) is 9.86. The van der Waals surface area contributed by atoms with Crippen molar-refractivity contribution < 1.29 is 9.53 Å². The Kier molecular flexibility index (Phi) is 6.75. The van der Waals surface area contributed by atoms with Crippen LogP contribution in [-0.4, -0.2) is 98.7 Å². The summed E-state index contributed by atoms with van der Waals surface area (Å²) in [6.45, 7) is 8.99. The number of thiazole rings is 1. The van der Waals surface area contributed by atoms with Gasteiger partial charge in [0.1, 0.15) is 17.2 Å². The first-order valence-corrected chi connectivity index (χ1v) is 12.0. The molecule has 4 heterocycles. The lowest BCUT2D eigenvalue weighted by Gasteiger charge is -2.43. The topological polar surface area (TPSA) is 93.8 Å². The van der Waals surface area contributed by atoms with Crippen molar-refractivity contribution in [1.29, 1.82) is 0 Å². The van der Waals surface area contributed by atoms with Gasteiger partial charge < -0.3 is 15.4 Å². The minimum absolute atomic E-state index is 0.0222. The number of piperazine rings is 1. The third kappa shape index (κ3) is 4.90. The van der Waals surface area contributed by atoms with Gasteiger partial charge in [0.05, 0.1) is 29.6 Å². The number of nitrogens with one attached hydrogen (secondary N) is 4. The highest BCUT2D eigenvalue weighted by Gasteiger charge is 2.41. The molecule has 3 aliphatic heterocycles. The molecule has 3 atom stereocenters. The number of hydrogen-bond acceptors (Lipinski definition) is 9. The van der Waals surface area contributed by atoms with Crippen molar-refractivity contribution in [3.63, 3.8) is 0 Å². The first kappa shape index (κ1) is 21.2. The quantitative estimate of drug-likeness (QED) is 0.475. The van der Waals surface area contributed by atoms with E-state index in [4.69, 9.17) is 9.72 Å². The first-order valence-electron chi connectivity index (χ1n) is 11.2. The summed E-state index contributed by atoms with van der Waals surface area (Å²) in [5, 5.41) is 14.7. The number of carbonyl (C=O) groups is 1. The van der Waals surface area contributed by atoms with Crippen molar-refractivity contribution >= 4 is 27.5 Å². The van der Waals surface area contributed by atoms with Gasteiger partial charge in [-0.1, -0.05) is 12.1 Å². The number of nitrogens with zero attached hydrogens (tertiary/aromatic N) is 3. The Balaban J connectivity index is 1.32. The highest BCUT2D eigenvalue weighted by molar-refractivity contribution is 7.18. The Hall–Kier alpha value is -1.66. The maximum atomic E-state index is 13.3. The number of fused-ring (bicyclic) bond motifs is 1. The molecule has 0 radical (unpaired) electrons. The number of ether oxygens (including phenoxy) is 1. The van der Waals surface area contributed by atoms with E-state index >= 15 is 0 Å². The van der Waals surface area contributed by atoms with Crippen molar-refractivity contribution in [2.45, 2.75) is 18.4 Å². The lowest BCUT2D eigenvalue weighted by Crippen LogP contribution is -2.70. The van der Waals surface area contributed by atoms with E-state index in [9.17, 15) is 4.79 Å². The average Bonchev–Trinajstić information content (AvgIpc) is 3.24. The van der Waals surface area contributed by atoms with Crippen molar-refractivity contribution in [1.82, 2.24) is 36.1 Å². The molecule has 10 heteroatoms. The van der Waals surface area contributed by atoms with Crippen molar-refractivity contribution in [2.24, 2.45) is 0 Å². The van der Waals surface area contributed by atoms with Crippen LogP contribution in [0.4, 0.5) is 0 Å². The predicted octanol–water partition coefficient (Wildman–Crippen LogP) is -0.464. The molecule has 9 nitrogen and oxygen atoms in total. The zero-order valence-electron chi connectivity index (χ0n) is 17.7. The second-order valence-electron chi connectivity index (χ2n) is 8.25. The molecule has 1 aromatic carbocycles. The summed E-state index contributed by atoms with van der Waals surface area (Å²) in [6.07, 6.45) is -0.371. The fraction of sp³-hybridized carbons (Fsp3) is 0.619. The van der Waals surface area contributed by atoms with Crippen molar-refractivity contribution in [3.05, 3.63) is 29.3 Å². The summed E-state index contributed by atoms with van der Waals surface area (Å²) in [7, 11) is 0. The van der Waals surface area contributed by atoms with E-state index in [-0.39, 0.29) is 24.3 Å². The second-order valence-corrected chi connectivity index (χ2v) is 9.31. The molecule has 4 N–H and O–H groups in total. The normalized spacial score (nSPS) is 28.6. The largest absolute Gasteiger partial charge is 0.379 e. The van der Waals surface area contributed by atoms with Crippen LogP contribution in [0, 0.1) is 0 Å². The Morgan fingerprint density at radius 1 is 1.16 bits per heavy atom. The Morgan fingerprint density at radius 3 is 2.77 bits per heavy atom. The van der Waals surface area contributed by atoms with Crippen LogP contribution >= 0.6 is 11.3 Å². The molecule has 1 amide bonds.